The summed E-state index contributed by atoms with van der Waals surface area (Å²) in [4.78, 5) is 11.6. The lowest BCUT2D eigenvalue weighted by molar-refractivity contribution is 0.187. The molecule has 1 amide bonds. The van der Waals surface area contributed by atoms with Gasteiger partial charge in [0.25, 0.3) is 0 Å². The number of ether oxygens (including phenoxy) is 1. The van der Waals surface area contributed by atoms with Gasteiger partial charge in [-0.25, -0.2) is 13.2 Å². The SMILES string of the molecule is COC(=O)Nc1ccc(S(=O)(=O)N2CCc3ccccc3C2C2CCSC2)cc1. The van der Waals surface area contributed by atoms with Crippen molar-refractivity contribution in [3.8, 4) is 0 Å². The fourth-order valence-corrected chi connectivity index (χ4v) is 7.11. The van der Waals surface area contributed by atoms with Gasteiger partial charge in [-0.05, 0) is 65.7 Å². The smallest absolute Gasteiger partial charge is 0.411 e. The number of hydrogen-bond donors (Lipinski definition) is 1. The van der Waals surface area contributed by atoms with E-state index < -0.39 is 16.1 Å². The highest BCUT2D eigenvalue weighted by Gasteiger charge is 2.41. The molecule has 0 spiro atoms. The van der Waals surface area contributed by atoms with Gasteiger partial charge in [-0.15, -0.1) is 0 Å². The van der Waals surface area contributed by atoms with Crippen molar-refractivity contribution in [3.63, 3.8) is 0 Å². The second-order valence-electron chi connectivity index (χ2n) is 7.27. The molecule has 2 aliphatic rings. The van der Waals surface area contributed by atoms with Crippen molar-refractivity contribution in [3.05, 3.63) is 59.7 Å². The van der Waals surface area contributed by atoms with E-state index in [4.69, 9.17) is 0 Å². The highest BCUT2D eigenvalue weighted by atomic mass is 32.2. The van der Waals surface area contributed by atoms with Gasteiger partial charge in [0.05, 0.1) is 18.0 Å². The van der Waals surface area contributed by atoms with E-state index in [1.165, 1.54) is 12.7 Å². The first-order chi connectivity index (χ1) is 14.0. The fraction of sp³-hybridized carbons (Fsp3) is 0.381. The van der Waals surface area contributed by atoms with E-state index in [0.717, 1.165) is 23.5 Å². The average Bonchev–Trinajstić information content (AvgIpc) is 3.27. The molecule has 1 fully saturated rings. The van der Waals surface area contributed by atoms with Gasteiger partial charge in [-0.2, -0.15) is 16.1 Å². The fourth-order valence-electron chi connectivity index (χ4n) is 4.15. The van der Waals surface area contributed by atoms with E-state index in [9.17, 15) is 13.2 Å². The number of sulfonamides is 1. The zero-order valence-electron chi connectivity index (χ0n) is 16.2. The van der Waals surface area contributed by atoms with Crippen molar-refractivity contribution in [2.24, 2.45) is 5.92 Å². The summed E-state index contributed by atoms with van der Waals surface area (Å²) in [6.07, 6.45) is 1.15. The Bertz CT molecular complexity index is 986. The van der Waals surface area contributed by atoms with Gasteiger partial charge in [0.15, 0.2) is 0 Å². The van der Waals surface area contributed by atoms with Crippen molar-refractivity contribution in [1.82, 2.24) is 4.31 Å². The van der Waals surface area contributed by atoms with E-state index in [1.54, 1.807) is 28.6 Å². The van der Waals surface area contributed by atoms with E-state index in [2.05, 4.69) is 22.2 Å². The van der Waals surface area contributed by atoms with Crippen LogP contribution in [0.15, 0.2) is 53.4 Å². The normalized spacial score (nSPS) is 22.1. The molecule has 8 heteroatoms. The molecule has 154 valence electrons. The molecule has 29 heavy (non-hydrogen) atoms. The van der Waals surface area contributed by atoms with Crippen LogP contribution >= 0.6 is 11.8 Å². The number of carbonyl (C=O) groups excluding carboxylic acids is 1. The Balaban J connectivity index is 1.67. The summed E-state index contributed by atoms with van der Waals surface area (Å²) in [5, 5.41) is 2.54. The van der Waals surface area contributed by atoms with Crippen molar-refractivity contribution < 1.29 is 17.9 Å². The third-order valence-corrected chi connectivity index (χ3v) is 8.67. The number of hydrogen-bond acceptors (Lipinski definition) is 5. The summed E-state index contributed by atoms with van der Waals surface area (Å²) < 4.78 is 33.4. The summed E-state index contributed by atoms with van der Waals surface area (Å²) >= 11 is 1.90. The molecule has 2 atom stereocenters. The number of benzene rings is 2. The van der Waals surface area contributed by atoms with Gasteiger partial charge >= 0.3 is 6.09 Å². The van der Waals surface area contributed by atoms with Gasteiger partial charge in [0, 0.05) is 12.2 Å². The second-order valence-corrected chi connectivity index (χ2v) is 10.3. The largest absolute Gasteiger partial charge is 0.453 e. The third-order valence-electron chi connectivity index (χ3n) is 5.59. The maximum Gasteiger partial charge on any atom is 0.411 e. The highest BCUT2D eigenvalue weighted by molar-refractivity contribution is 7.99. The van der Waals surface area contributed by atoms with Crippen LogP contribution in [-0.2, 0) is 21.2 Å². The first kappa shape index (κ1) is 20.3. The Morgan fingerprint density at radius 3 is 2.62 bits per heavy atom. The van der Waals surface area contributed by atoms with Crippen LogP contribution in [0.1, 0.15) is 23.6 Å². The lowest BCUT2D eigenvalue weighted by atomic mass is 9.86. The third kappa shape index (κ3) is 4.01. The molecule has 0 bridgehead atoms. The summed E-state index contributed by atoms with van der Waals surface area (Å²) in [6, 6.07) is 14.3. The molecule has 2 heterocycles. The average molecular weight is 433 g/mol. The lowest BCUT2D eigenvalue weighted by Crippen LogP contribution is -2.43. The first-order valence-corrected chi connectivity index (χ1v) is 12.2. The zero-order chi connectivity index (χ0) is 20.4. The van der Waals surface area contributed by atoms with Gasteiger partial charge in [0.2, 0.25) is 10.0 Å². The minimum absolute atomic E-state index is 0.132. The second kappa shape index (κ2) is 8.38. The molecule has 2 aromatic rings. The Hall–Kier alpha value is -2.03. The van der Waals surface area contributed by atoms with Gasteiger partial charge in [-0.1, -0.05) is 24.3 Å². The molecule has 4 rings (SSSR count). The number of anilines is 1. The molecule has 0 aliphatic carbocycles. The van der Waals surface area contributed by atoms with Crippen LogP contribution in [0.3, 0.4) is 0 Å². The van der Waals surface area contributed by atoms with Gasteiger partial charge in [-0.3, -0.25) is 5.32 Å². The molecule has 1 saturated heterocycles. The Labute approximate surface area is 175 Å². The molecule has 0 aromatic heterocycles. The molecular formula is C21H24N2O4S2. The van der Waals surface area contributed by atoms with E-state index in [-0.39, 0.29) is 10.9 Å². The maximum atomic E-state index is 13.6. The Morgan fingerprint density at radius 1 is 1.17 bits per heavy atom. The summed E-state index contributed by atoms with van der Waals surface area (Å²) in [5.74, 6) is 2.37. The van der Waals surface area contributed by atoms with E-state index >= 15 is 0 Å². The Kier molecular flexibility index (Phi) is 5.85. The molecule has 0 saturated carbocycles. The summed E-state index contributed by atoms with van der Waals surface area (Å²) in [5.41, 5.74) is 2.88. The molecule has 6 nitrogen and oxygen atoms in total. The number of carbonyl (C=O) groups is 1. The van der Waals surface area contributed by atoms with Crippen LogP contribution in [-0.4, -0.2) is 44.0 Å². The number of nitrogens with one attached hydrogen (secondary N) is 1. The molecule has 2 aliphatic heterocycles. The number of methoxy groups -OCH3 is 1. The molecular weight excluding hydrogens is 408 g/mol. The van der Waals surface area contributed by atoms with Gasteiger partial charge < -0.3 is 4.74 Å². The minimum Gasteiger partial charge on any atom is -0.453 e. The summed E-state index contributed by atoms with van der Waals surface area (Å²) in [7, 11) is -2.38. The van der Waals surface area contributed by atoms with Crippen LogP contribution in [0.25, 0.3) is 0 Å². The van der Waals surface area contributed by atoms with Crippen molar-refractivity contribution in [2.45, 2.75) is 23.8 Å². The quantitative estimate of drug-likeness (QED) is 0.793. The van der Waals surface area contributed by atoms with Crippen molar-refractivity contribution in [1.29, 1.82) is 0 Å². The minimum atomic E-state index is -3.66. The van der Waals surface area contributed by atoms with Crippen molar-refractivity contribution in [2.75, 3.05) is 30.5 Å². The molecule has 0 radical (unpaired) electrons. The highest BCUT2D eigenvalue weighted by Crippen LogP contribution is 2.44. The zero-order valence-corrected chi connectivity index (χ0v) is 17.8. The van der Waals surface area contributed by atoms with Crippen LogP contribution in [0, 0.1) is 5.92 Å². The number of thioether (sulfide) groups is 1. The number of fused-ring (bicyclic) bond motifs is 1. The Morgan fingerprint density at radius 2 is 1.93 bits per heavy atom. The predicted octanol–water partition coefficient (Wildman–Crippen LogP) is 3.91. The van der Waals surface area contributed by atoms with Crippen LogP contribution in [0.4, 0.5) is 10.5 Å². The first-order valence-electron chi connectivity index (χ1n) is 9.63. The van der Waals surface area contributed by atoms with E-state index in [1.807, 2.05) is 23.9 Å². The summed E-state index contributed by atoms with van der Waals surface area (Å²) in [6.45, 7) is 0.480. The number of amides is 1. The number of nitrogens with zero attached hydrogens (tertiary/aromatic N) is 1. The molecule has 2 aromatic carbocycles. The van der Waals surface area contributed by atoms with Crippen LogP contribution in [0.2, 0.25) is 0 Å². The van der Waals surface area contributed by atoms with Crippen LogP contribution in [0.5, 0.6) is 0 Å². The van der Waals surface area contributed by atoms with Crippen molar-refractivity contribution >= 4 is 33.6 Å². The van der Waals surface area contributed by atoms with Crippen LogP contribution < -0.4 is 5.32 Å². The van der Waals surface area contributed by atoms with Gasteiger partial charge in [0.1, 0.15) is 0 Å². The molecule has 2 unspecified atom stereocenters. The lowest BCUT2D eigenvalue weighted by Gasteiger charge is -2.39. The van der Waals surface area contributed by atoms with E-state index in [0.29, 0.717) is 24.6 Å². The monoisotopic (exact) mass is 432 g/mol. The standard InChI is InChI=1S/C21H24N2O4S2/c1-27-21(24)22-17-6-8-18(9-7-17)29(25,26)23-12-10-15-4-2-3-5-19(15)20(23)16-11-13-28-14-16/h2-9,16,20H,10-14H2,1H3,(H,22,24). The molecule has 1 N–H and O–H groups in total. The topological polar surface area (TPSA) is 75.7 Å². The maximum absolute atomic E-state index is 13.6. The number of rotatable bonds is 4. The predicted molar refractivity (Wildman–Crippen MR) is 115 cm³/mol.